The average molecular weight is 445 g/mol. The highest BCUT2D eigenvalue weighted by atomic mass is 32.2. The molecule has 3 aliphatic rings. The van der Waals surface area contributed by atoms with Gasteiger partial charge in [0, 0.05) is 24.8 Å². The lowest BCUT2D eigenvalue weighted by Gasteiger charge is -2.45. The van der Waals surface area contributed by atoms with Crippen molar-refractivity contribution < 1.29 is 27.4 Å². The molecule has 0 aromatic heterocycles. The van der Waals surface area contributed by atoms with Gasteiger partial charge in [-0.15, -0.1) is 0 Å². The Kier molecular flexibility index (Phi) is 5.20. The van der Waals surface area contributed by atoms with Crippen LogP contribution in [0.2, 0.25) is 0 Å². The molecular weight excluding hydrogens is 422 g/mol. The van der Waals surface area contributed by atoms with Crippen molar-refractivity contribution in [3.05, 3.63) is 48.5 Å². The molecule has 1 N–H and O–H groups in total. The van der Waals surface area contributed by atoms with Crippen LogP contribution in [0.3, 0.4) is 0 Å². The Balaban J connectivity index is 1.24. The molecule has 2 atom stereocenters. The molecule has 2 unspecified atom stereocenters. The highest BCUT2D eigenvalue weighted by molar-refractivity contribution is 7.89. The van der Waals surface area contributed by atoms with Gasteiger partial charge in [0.1, 0.15) is 13.2 Å². The highest BCUT2D eigenvalue weighted by Crippen LogP contribution is 2.33. The molecular formula is C21H23N3O6S. The fourth-order valence-electron chi connectivity index (χ4n) is 4.08. The van der Waals surface area contributed by atoms with Gasteiger partial charge in [-0.3, -0.25) is 0 Å². The van der Waals surface area contributed by atoms with E-state index >= 15 is 0 Å². The molecule has 2 saturated heterocycles. The largest absolute Gasteiger partial charge is 0.486 e. The van der Waals surface area contributed by atoms with Crippen LogP contribution in [-0.4, -0.2) is 75.3 Å². The van der Waals surface area contributed by atoms with E-state index in [2.05, 4.69) is 5.32 Å². The number of carbonyl (C=O) groups excluding carboxylic acids is 1. The van der Waals surface area contributed by atoms with Gasteiger partial charge >= 0.3 is 6.03 Å². The summed E-state index contributed by atoms with van der Waals surface area (Å²) < 4.78 is 44.3. The van der Waals surface area contributed by atoms with Gasteiger partial charge < -0.3 is 24.4 Å². The van der Waals surface area contributed by atoms with Gasteiger partial charge in [-0.2, -0.15) is 4.31 Å². The molecule has 2 fully saturated rings. The first kappa shape index (κ1) is 20.1. The fraction of sp³-hybridized carbons (Fsp3) is 0.381. The molecule has 2 aromatic rings. The number of hydrogen-bond donors (Lipinski definition) is 1. The fourth-order valence-corrected chi connectivity index (χ4v) is 5.61. The van der Waals surface area contributed by atoms with Gasteiger partial charge in [0.05, 0.1) is 30.2 Å². The topological polar surface area (TPSA) is 97.4 Å². The SMILES string of the molecule is O=C(Nc1ccc2c(c1)OCCO2)N1CC2CN(S(=O)(=O)c3ccccc3)CC(C1)O2. The van der Waals surface area contributed by atoms with Crippen molar-refractivity contribution in [2.45, 2.75) is 17.1 Å². The van der Waals surface area contributed by atoms with E-state index in [1.165, 1.54) is 4.31 Å². The van der Waals surface area contributed by atoms with Crippen molar-refractivity contribution in [3.63, 3.8) is 0 Å². The molecule has 2 bridgehead atoms. The van der Waals surface area contributed by atoms with E-state index < -0.39 is 10.0 Å². The zero-order valence-electron chi connectivity index (χ0n) is 16.8. The number of hydrogen-bond acceptors (Lipinski definition) is 6. The van der Waals surface area contributed by atoms with Crippen molar-refractivity contribution >= 4 is 21.7 Å². The minimum Gasteiger partial charge on any atom is -0.486 e. The summed E-state index contributed by atoms with van der Waals surface area (Å²) in [5.74, 6) is 1.26. The summed E-state index contributed by atoms with van der Waals surface area (Å²) in [5, 5.41) is 2.88. The van der Waals surface area contributed by atoms with Crippen molar-refractivity contribution in [2.24, 2.45) is 0 Å². The lowest BCUT2D eigenvalue weighted by molar-refractivity contribution is -0.110. The summed E-state index contributed by atoms with van der Waals surface area (Å²) in [5.41, 5.74) is 0.610. The minimum absolute atomic E-state index is 0.210. The van der Waals surface area contributed by atoms with E-state index in [0.717, 1.165) is 0 Å². The number of anilines is 1. The van der Waals surface area contributed by atoms with Gasteiger partial charge in [0.15, 0.2) is 11.5 Å². The van der Waals surface area contributed by atoms with Crippen LogP contribution in [0.25, 0.3) is 0 Å². The number of nitrogens with one attached hydrogen (secondary N) is 1. The van der Waals surface area contributed by atoms with E-state index in [4.69, 9.17) is 14.2 Å². The number of carbonyl (C=O) groups is 1. The number of ether oxygens (including phenoxy) is 3. The molecule has 0 radical (unpaired) electrons. The van der Waals surface area contributed by atoms with Crippen LogP contribution < -0.4 is 14.8 Å². The standard InChI is InChI=1S/C21H23N3O6S/c25-21(22-15-6-7-19-20(10-15)29-9-8-28-19)23-11-16-13-24(14-17(12-23)30-16)31(26,27)18-4-2-1-3-5-18/h1-7,10,16-17H,8-9,11-14H2,(H,22,25). The van der Waals surface area contributed by atoms with Crippen LogP contribution in [0.15, 0.2) is 53.4 Å². The average Bonchev–Trinajstić information content (AvgIpc) is 2.79. The molecule has 10 heteroatoms. The monoisotopic (exact) mass is 445 g/mol. The summed E-state index contributed by atoms with van der Waals surface area (Å²) in [6, 6.07) is 13.4. The second-order valence-electron chi connectivity index (χ2n) is 7.71. The molecule has 3 aliphatic heterocycles. The Morgan fingerprint density at radius 2 is 1.58 bits per heavy atom. The predicted octanol–water partition coefficient (Wildman–Crippen LogP) is 1.76. The third-order valence-electron chi connectivity index (χ3n) is 5.51. The Labute approximate surface area is 180 Å². The Morgan fingerprint density at radius 3 is 2.29 bits per heavy atom. The zero-order valence-corrected chi connectivity index (χ0v) is 17.6. The molecule has 31 heavy (non-hydrogen) atoms. The first-order valence-corrected chi connectivity index (χ1v) is 11.6. The van der Waals surface area contributed by atoms with Crippen molar-refractivity contribution in [1.29, 1.82) is 0 Å². The minimum atomic E-state index is -3.59. The normalized spacial score (nSPS) is 23.3. The van der Waals surface area contributed by atoms with E-state index in [-0.39, 0.29) is 36.2 Å². The molecule has 2 aromatic carbocycles. The second kappa shape index (κ2) is 8.03. The summed E-state index contributed by atoms with van der Waals surface area (Å²) >= 11 is 0. The summed E-state index contributed by atoms with van der Waals surface area (Å²) in [7, 11) is -3.59. The van der Waals surface area contributed by atoms with Crippen LogP contribution in [-0.2, 0) is 14.8 Å². The van der Waals surface area contributed by atoms with E-state index in [0.29, 0.717) is 43.5 Å². The van der Waals surface area contributed by atoms with Gasteiger partial charge in [0.25, 0.3) is 0 Å². The Hall–Kier alpha value is -2.82. The second-order valence-corrected chi connectivity index (χ2v) is 9.65. The molecule has 164 valence electrons. The van der Waals surface area contributed by atoms with Crippen molar-refractivity contribution in [3.8, 4) is 11.5 Å². The van der Waals surface area contributed by atoms with Crippen LogP contribution in [0, 0.1) is 0 Å². The zero-order chi connectivity index (χ0) is 21.4. The number of rotatable bonds is 3. The highest BCUT2D eigenvalue weighted by Gasteiger charge is 2.41. The van der Waals surface area contributed by atoms with Gasteiger partial charge in [0.2, 0.25) is 10.0 Å². The van der Waals surface area contributed by atoms with E-state index in [1.807, 2.05) is 0 Å². The van der Waals surface area contributed by atoms with Crippen molar-refractivity contribution in [1.82, 2.24) is 9.21 Å². The third kappa shape index (κ3) is 4.06. The summed E-state index contributed by atoms with van der Waals surface area (Å²) in [6.07, 6.45) is -0.756. The van der Waals surface area contributed by atoms with Crippen LogP contribution in [0.4, 0.5) is 10.5 Å². The van der Waals surface area contributed by atoms with E-state index in [9.17, 15) is 13.2 Å². The number of urea groups is 1. The molecule has 5 rings (SSSR count). The number of nitrogens with zero attached hydrogens (tertiary/aromatic N) is 2. The number of fused-ring (bicyclic) bond motifs is 3. The Bertz CT molecular complexity index is 1060. The lowest BCUT2D eigenvalue weighted by Crippen LogP contribution is -2.61. The maximum atomic E-state index is 12.9. The summed E-state index contributed by atoms with van der Waals surface area (Å²) in [4.78, 5) is 14.8. The van der Waals surface area contributed by atoms with Gasteiger partial charge in [-0.05, 0) is 24.3 Å². The van der Waals surface area contributed by atoms with Crippen LogP contribution in [0.5, 0.6) is 11.5 Å². The van der Waals surface area contributed by atoms with Crippen molar-refractivity contribution in [2.75, 3.05) is 44.7 Å². The molecule has 0 aliphatic carbocycles. The number of sulfonamides is 1. The molecule has 0 spiro atoms. The molecule has 0 saturated carbocycles. The van der Waals surface area contributed by atoms with E-state index in [1.54, 1.807) is 53.4 Å². The lowest BCUT2D eigenvalue weighted by atomic mass is 10.1. The predicted molar refractivity (Wildman–Crippen MR) is 112 cm³/mol. The van der Waals surface area contributed by atoms with Gasteiger partial charge in [-0.25, -0.2) is 13.2 Å². The quantitative estimate of drug-likeness (QED) is 0.773. The first-order valence-electron chi connectivity index (χ1n) is 10.2. The maximum absolute atomic E-state index is 12.9. The Morgan fingerprint density at radius 1 is 0.903 bits per heavy atom. The number of amides is 2. The smallest absolute Gasteiger partial charge is 0.322 e. The maximum Gasteiger partial charge on any atom is 0.322 e. The molecule has 2 amide bonds. The van der Waals surface area contributed by atoms with Crippen LogP contribution in [0.1, 0.15) is 0 Å². The van der Waals surface area contributed by atoms with Gasteiger partial charge in [-0.1, -0.05) is 18.2 Å². The third-order valence-corrected chi connectivity index (χ3v) is 7.35. The molecule has 9 nitrogen and oxygen atoms in total. The number of morpholine rings is 2. The van der Waals surface area contributed by atoms with Crippen LogP contribution >= 0.6 is 0 Å². The number of benzene rings is 2. The summed E-state index contributed by atoms with van der Waals surface area (Å²) in [6.45, 7) is 2.02. The molecule has 3 heterocycles. The first-order chi connectivity index (χ1) is 15.0.